The van der Waals surface area contributed by atoms with Gasteiger partial charge in [-0.2, -0.15) is 0 Å². The van der Waals surface area contributed by atoms with E-state index in [0.29, 0.717) is 6.29 Å². The molecule has 1 amide bonds. The summed E-state index contributed by atoms with van der Waals surface area (Å²) < 4.78 is 5.48. The van der Waals surface area contributed by atoms with Crippen LogP contribution in [0.3, 0.4) is 0 Å². The summed E-state index contributed by atoms with van der Waals surface area (Å²) >= 11 is 0. The van der Waals surface area contributed by atoms with Gasteiger partial charge in [-0.3, -0.25) is 0 Å². The van der Waals surface area contributed by atoms with Crippen LogP contribution in [-0.2, 0) is 9.53 Å². The molecule has 0 aromatic heterocycles. The number of nitrogens with one attached hydrogen (secondary N) is 1. The second kappa shape index (κ2) is 7.46. The van der Waals surface area contributed by atoms with Crippen molar-refractivity contribution in [3.8, 4) is 11.1 Å². The van der Waals surface area contributed by atoms with Crippen molar-refractivity contribution in [2.24, 2.45) is 0 Å². The third-order valence-electron chi connectivity index (χ3n) is 4.91. The molecule has 0 fully saturated rings. The minimum atomic E-state index is -0.721. The van der Waals surface area contributed by atoms with Crippen LogP contribution >= 0.6 is 0 Å². The van der Waals surface area contributed by atoms with Crippen molar-refractivity contribution in [1.82, 2.24) is 5.32 Å². The highest BCUT2D eigenvalue weighted by atomic mass is 16.5. The van der Waals surface area contributed by atoms with Gasteiger partial charge in [-0.1, -0.05) is 78.9 Å². The molecule has 1 aliphatic rings. The first-order valence-corrected chi connectivity index (χ1v) is 8.89. The lowest BCUT2D eigenvalue weighted by Crippen LogP contribution is -2.31. The fourth-order valence-electron chi connectivity index (χ4n) is 3.62. The number of fused-ring (bicyclic) bond motifs is 3. The molecule has 4 heteroatoms. The zero-order valence-corrected chi connectivity index (χ0v) is 14.7. The molecule has 3 aromatic rings. The first kappa shape index (κ1) is 17.0. The molecule has 0 saturated heterocycles. The molecule has 0 radical (unpaired) electrons. The second-order valence-corrected chi connectivity index (χ2v) is 6.49. The normalized spacial score (nSPS) is 13.3. The van der Waals surface area contributed by atoms with E-state index in [0.717, 1.165) is 16.7 Å². The van der Waals surface area contributed by atoms with Crippen molar-refractivity contribution >= 4 is 12.4 Å². The maximum atomic E-state index is 12.3. The number of amides is 1. The summed E-state index contributed by atoms with van der Waals surface area (Å²) in [5.41, 5.74) is 5.39. The molecule has 1 aliphatic carbocycles. The van der Waals surface area contributed by atoms with Gasteiger partial charge in [0.2, 0.25) is 0 Å². The Morgan fingerprint density at radius 2 is 1.44 bits per heavy atom. The highest BCUT2D eigenvalue weighted by molar-refractivity contribution is 5.79. The van der Waals surface area contributed by atoms with E-state index in [1.54, 1.807) is 12.1 Å². The SMILES string of the molecule is O=C[C@H](NC(=O)OCC1c2ccccc2-c2ccccc21)c1ccccc1. The Morgan fingerprint density at radius 3 is 2.04 bits per heavy atom. The number of carbonyl (C=O) groups excluding carboxylic acids is 2. The second-order valence-electron chi connectivity index (χ2n) is 6.49. The highest BCUT2D eigenvalue weighted by Crippen LogP contribution is 2.44. The van der Waals surface area contributed by atoms with Gasteiger partial charge in [0.25, 0.3) is 0 Å². The monoisotopic (exact) mass is 357 g/mol. The fourth-order valence-corrected chi connectivity index (χ4v) is 3.62. The van der Waals surface area contributed by atoms with E-state index in [4.69, 9.17) is 4.74 Å². The molecule has 3 aromatic carbocycles. The Hall–Kier alpha value is -3.40. The average Bonchev–Trinajstić information content (AvgIpc) is 3.05. The third kappa shape index (κ3) is 3.34. The zero-order chi connectivity index (χ0) is 18.6. The summed E-state index contributed by atoms with van der Waals surface area (Å²) in [5.74, 6) is -0.00504. The molecule has 4 rings (SSSR count). The molecule has 27 heavy (non-hydrogen) atoms. The van der Waals surface area contributed by atoms with Gasteiger partial charge in [-0.15, -0.1) is 0 Å². The summed E-state index contributed by atoms with van der Waals surface area (Å²) in [5, 5.41) is 2.63. The minimum absolute atomic E-state index is 0.00504. The van der Waals surface area contributed by atoms with Gasteiger partial charge in [0, 0.05) is 5.92 Å². The lowest BCUT2D eigenvalue weighted by atomic mass is 9.98. The molecule has 0 spiro atoms. The van der Waals surface area contributed by atoms with Crippen molar-refractivity contribution in [3.05, 3.63) is 95.6 Å². The van der Waals surface area contributed by atoms with E-state index in [1.807, 2.05) is 42.5 Å². The molecular weight excluding hydrogens is 338 g/mol. The molecule has 1 N–H and O–H groups in total. The Labute approximate surface area is 157 Å². The highest BCUT2D eigenvalue weighted by Gasteiger charge is 2.29. The molecule has 0 aliphatic heterocycles. The number of ether oxygens (including phenoxy) is 1. The topological polar surface area (TPSA) is 55.4 Å². The van der Waals surface area contributed by atoms with Crippen molar-refractivity contribution in [1.29, 1.82) is 0 Å². The van der Waals surface area contributed by atoms with Crippen LogP contribution in [0.15, 0.2) is 78.9 Å². The van der Waals surface area contributed by atoms with Crippen LogP contribution in [0.4, 0.5) is 4.79 Å². The van der Waals surface area contributed by atoms with E-state index in [9.17, 15) is 9.59 Å². The van der Waals surface area contributed by atoms with Crippen LogP contribution in [0, 0.1) is 0 Å². The summed E-state index contributed by atoms with van der Waals surface area (Å²) in [6, 6.07) is 24.7. The molecule has 4 nitrogen and oxygen atoms in total. The number of carbonyl (C=O) groups is 2. The first-order chi connectivity index (χ1) is 13.3. The van der Waals surface area contributed by atoms with Crippen LogP contribution in [0.1, 0.15) is 28.7 Å². The Morgan fingerprint density at radius 1 is 0.889 bits per heavy atom. The van der Waals surface area contributed by atoms with Crippen molar-refractivity contribution < 1.29 is 14.3 Å². The van der Waals surface area contributed by atoms with Crippen LogP contribution in [0.5, 0.6) is 0 Å². The van der Waals surface area contributed by atoms with Crippen LogP contribution in [0.2, 0.25) is 0 Å². The molecule has 134 valence electrons. The molecule has 0 bridgehead atoms. The van der Waals surface area contributed by atoms with Crippen LogP contribution in [0.25, 0.3) is 11.1 Å². The van der Waals surface area contributed by atoms with E-state index in [2.05, 4.69) is 29.6 Å². The average molecular weight is 357 g/mol. The van der Waals surface area contributed by atoms with E-state index in [1.165, 1.54) is 11.1 Å². The number of hydrogen-bond acceptors (Lipinski definition) is 3. The first-order valence-electron chi connectivity index (χ1n) is 8.89. The van der Waals surface area contributed by atoms with E-state index in [-0.39, 0.29) is 12.5 Å². The fraction of sp³-hybridized carbons (Fsp3) is 0.130. The summed E-state index contributed by atoms with van der Waals surface area (Å²) in [4.78, 5) is 23.6. The number of aldehydes is 1. The largest absolute Gasteiger partial charge is 0.449 e. The van der Waals surface area contributed by atoms with E-state index < -0.39 is 12.1 Å². The molecular formula is C23H19NO3. The number of rotatable bonds is 5. The quantitative estimate of drug-likeness (QED) is 0.686. The smallest absolute Gasteiger partial charge is 0.408 e. The molecule has 1 atom stereocenters. The number of hydrogen-bond donors (Lipinski definition) is 1. The van der Waals surface area contributed by atoms with Gasteiger partial charge < -0.3 is 14.8 Å². The van der Waals surface area contributed by atoms with Gasteiger partial charge in [0.05, 0.1) is 0 Å². The zero-order valence-electron chi connectivity index (χ0n) is 14.7. The summed E-state index contributed by atoms with van der Waals surface area (Å²) in [6.45, 7) is 0.222. The minimum Gasteiger partial charge on any atom is -0.449 e. The maximum absolute atomic E-state index is 12.3. The summed E-state index contributed by atoms with van der Waals surface area (Å²) in [6.07, 6.45) is 0.106. The Balaban J connectivity index is 1.47. The van der Waals surface area contributed by atoms with Gasteiger partial charge in [-0.25, -0.2) is 4.79 Å². The van der Waals surface area contributed by atoms with Crippen molar-refractivity contribution in [2.75, 3.05) is 6.61 Å². The summed E-state index contributed by atoms with van der Waals surface area (Å²) in [7, 11) is 0. The predicted molar refractivity (Wildman–Crippen MR) is 103 cm³/mol. The lowest BCUT2D eigenvalue weighted by molar-refractivity contribution is -0.109. The molecule has 0 unspecified atom stereocenters. The molecule has 0 saturated carbocycles. The number of benzene rings is 3. The standard InChI is InChI=1S/C23H19NO3/c25-14-22(16-8-2-1-3-9-16)24-23(26)27-15-21-19-12-6-4-10-17(19)18-11-5-7-13-20(18)21/h1-14,21-22H,15H2,(H,24,26)/t22-/m0/s1. The molecule has 0 heterocycles. The van der Waals surface area contributed by atoms with Gasteiger partial charge >= 0.3 is 6.09 Å². The van der Waals surface area contributed by atoms with Crippen LogP contribution in [-0.4, -0.2) is 19.0 Å². The van der Waals surface area contributed by atoms with Crippen molar-refractivity contribution in [2.45, 2.75) is 12.0 Å². The van der Waals surface area contributed by atoms with Crippen molar-refractivity contribution in [3.63, 3.8) is 0 Å². The van der Waals surface area contributed by atoms with Gasteiger partial charge in [0.1, 0.15) is 18.9 Å². The van der Waals surface area contributed by atoms with Crippen LogP contribution < -0.4 is 5.32 Å². The Bertz CT molecular complexity index is 923. The predicted octanol–water partition coefficient (Wildman–Crippen LogP) is 4.47. The maximum Gasteiger partial charge on any atom is 0.408 e. The van der Waals surface area contributed by atoms with Gasteiger partial charge in [-0.05, 0) is 27.8 Å². The lowest BCUT2D eigenvalue weighted by Gasteiger charge is -2.17. The van der Waals surface area contributed by atoms with Gasteiger partial charge in [0.15, 0.2) is 0 Å². The Kier molecular flexibility index (Phi) is 4.71. The number of alkyl carbamates (subject to hydrolysis) is 1. The van der Waals surface area contributed by atoms with E-state index >= 15 is 0 Å². The third-order valence-corrected chi connectivity index (χ3v) is 4.91.